The lowest BCUT2D eigenvalue weighted by Gasteiger charge is -1.64. The lowest BCUT2D eigenvalue weighted by Crippen LogP contribution is -1.50. The van der Waals surface area contributed by atoms with Crippen LogP contribution in [0.25, 0.3) is 0 Å². The Kier molecular flexibility index (Phi) is 4.30. The van der Waals surface area contributed by atoms with E-state index >= 15 is 0 Å². The van der Waals surface area contributed by atoms with Gasteiger partial charge < -0.3 is 0 Å². The summed E-state index contributed by atoms with van der Waals surface area (Å²) in [6.07, 6.45) is 4.15. The van der Waals surface area contributed by atoms with Crippen molar-refractivity contribution in [2.24, 2.45) is 10.2 Å². The van der Waals surface area contributed by atoms with E-state index in [0.717, 1.165) is 6.34 Å². The van der Waals surface area contributed by atoms with E-state index in [4.69, 9.17) is 5.41 Å². The Balaban J connectivity index is 3.27. The summed E-state index contributed by atoms with van der Waals surface area (Å²) in [6, 6.07) is 0. The van der Waals surface area contributed by atoms with Crippen LogP contribution >= 0.6 is 0 Å². The molecule has 0 aliphatic carbocycles. The van der Waals surface area contributed by atoms with Crippen molar-refractivity contribution in [2.45, 2.75) is 6.92 Å². The van der Waals surface area contributed by atoms with Gasteiger partial charge in [0.15, 0.2) is 0 Å². The zero-order valence-corrected chi connectivity index (χ0v) is 4.13. The molecule has 0 atom stereocenters. The van der Waals surface area contributed by atoms with Crippen molar-refractivity contribution in [1.82, 2.24) is 0 Å². The smallest absolute Gasteiger partial charge is 0.129 e. The monoisotopic (exact) mass is 97.1 g/mol. The molecular weight excluding hydrogens is 90.1 g/mol. The molecule has 0 aromatic heterocycles. The molecule has 0 fully saturated rings. The molecular formula is C4H7N3. The Hall–Kier alpha value is -0.990. The minimum absolute atomic E-state index is 0.889. The van der Waals surface area contributed by atoms with Gasteiger partial charge in [0.25, 0.3) is 0 Å². The van der Waals surface area contributed by atoms with Crippen LogP contribution in [0.15, 0.2) is 22.5 Å². The van der Waals surface area contributed by atoms with Gasteiger partial charge in [-0.1, -0.05) is 6.08 Å². The summed E-state index contributed by atoms with van der Waals surface area (Å²) in [7, 11) is 0. The van der Waals surface area contributed by atoms with Gasteiger partial charge in [0.05, 0.1) is 0 Å². The second-order valence-corrected chi connectivity index (χ2v) is 0.842. The third-order valence-electron chi connectivity index (χ3n) is 0.340. The molecule has 7 heavy (non-hydrogen) atoms. The number of nitrogens with zero attached hydrogens (tertiary/aromatic N) is 2. The molecule has 0 aliphatic heterocycles. The van der Waals surface area contributed by atoms with E-state index in [9.17, 15) is 0 Å². The van der Waals surface area contributed by atoms with Crippen LogP contribution in [0.3, 0.4) is 0 Å². The normalized spacial score (nSPS) is 11.0. The average Bonchev–Trinajstić information content (AvgIpc) is 1.69. The second-order valence-electron chi connectivity index (χ2n) is 0.842. The molecule has 1 N–H and O–H groups in total. The van der Waals surface area contributed by atoms with Crippen LogP contribution in [0.1, 0.15) is 6.92 Å². The highest BCUT2D eigenvalue weighted by Crippen LogP contribution is 1.71. The molecule has 0 aromatic carbocycles. The molecule has 3 nitrogen and oxygen atoms in total. The van der Waals surface area contributed by atoms with Crippen LogP contribution < -0.4 is 0 Å². The minimum Gasteiger partial charge on any atom is -0.288 e. The number of hydrogen-bond acceptors (Lipinski definition) is 2. The van der Waals surface area contributed by atoms with E-state index in [1.165, 1.54) is 6.20 Å². The molecule has 0 rings (SSSR count). The zero-order valence-electron chi connectivity index (χ0n) is 4.13. The van der Waals surface area contributed by atoms with Crippen molar-refractivity contribution in [3.05, 3.63) is 12.3 Å². The van der Waals surface area contributed by atoms with Crippen molar-refractivity contribution in [2.75, 3.05) is 0 Å². The minimum atomic E-state index is 0.889. The van der Waals surface area contributed by atoms with Gasteiger partial charge >= 0.3 is 0 Å². The second kappa shape index (κ2) is 5.01. The van der Waals surface area contributed by atoms with E-state index in [1.807, 2.05) is 6.92 Å². The summed E-state index contributed by atoms with van der Waals surface area (Å²) in [5, 5.41) is 13.0. The Morgan fingerprint density at radius 3 is 2.57 bits per heavy atom. The third kappa shape index (κ3) is 5.01. The molecule has 0 aromatic rings. The van der Waals surface area contributed by atoms with Crippen molar-refractivity contribution < 1.29 is 0 Å². The van der Waals surface area contributed by atoms with E-state index in [0.29, 0.717) is 0 Å². The molecule has 0 heterocycles. The van der Waals surface area contributed by atoms with E-state index in [-0.39, 0.29) is 0 Å². The molecule has 0 unspecified atom stereocenters. The van der Waals surface area contributed by atoms with Gasteiger partial charge in [0, 0.05) is 6.20 Å². The van der Waals surface area contributed by atoms with Crippen molar-refractivity contribution >= 4 is 6.34 Å². The van der Waals surface area contributed by atoms with Crippen LogP contribution in [0.4, 0.5) is 0 Å². The number of rotatable bonds is 2. The summed E-state index contributed by atoms with van der Waals surface area (Å²) in [5.41, 5.74) is 0. The van der Waals surface area contributed by atoms with Crippen LogP contribution in [-0.2, 0) is 0 Å². The highest BCUT2D eigenvalue weighted by molar-refractivity contribution is 5.49. The quantitative estimate of drug-likeness (QED) is 0.309. The zero-order chi connectivity index (χ0) is 5.54. The maximum Gasteiger partial charge on any atom is 0.129 e. The van der Waals surface area contributed by atoms with Crippen LogP contribution in [0, 0.1) is 5.41 Å². The Morgan fingerprint density at radius 2 is 2.14 bits per heavy atom. The van der Waals surface area contributed by atoms with Gasteiger partial charge in [-0.2, -0.15) is 5.11 Å². The number of allylic oxidation sites excluding steroid dienone is 1. The fourth-order valence-electron chi connectivity index (χ4n) is 0.138. The van der Waals surface area contributed by atoms with Gasteiger partial charge in [-0.3, -0.25) is 5.41 Å². The molecule has 38 valence electrons. The molecule has 3 heteroatoms. The summed E-state index contributed by atoms with van der Waals surface area (Å²) in [5.74, 6) is 0. The van der Waals surface area contributed by atoms with Crippen LogP contribution in [0.5, 0.6) is 0 Å². The van der Waals surface area contributed by atoms with Gasteiger partial charge in [-0.15, -0.1) is 5.11 Å². The van der Waals surface area contributed by atoms with Crippen molar-refractivity contribution in [3.8, 4) is 0 Å². The van der Waals surface area contributed by atoms with Gasteiger partial charge in [0.2, 0.25) is 0 Å². The van der Waals surface area contributed by atoms with Gasteiger partial charge in [-0.25, -0.2) is 0 Å². The molecule has 0 aliphatic rings. The predicted molar refractivity (Wildman–Crippen MR) is 28.5 cm³/mol. The Morgan fingerprint density at radius 1 is 1.43 bits per heavy atom. The maximum atomic E-state index is 6.36. The predicted octanol–water partition coefficient (Wildman–Crippen LogP) is 1.58. The first kappa shape index (κ1) is 6.01. The van der Waals surface area contributed by atoms with Crippen LogP contribution in [-0.4, -0.2) is 6.34 Å². The van der Waals surface area contributed by atoms with E-state index in [2.05, 4.69) is 10.2 Å². The number of hydrogen-bond donors (Lipinski definition) is 1. The van der Waals surface area contributed by atoms with E-state index < -0.39 is 0 Å². The molecule has 0 bridgehead atoms. The van der Waals surface area contributed by atoms with Gasteiger partial charge in [0.1, 0.15) is 6.34 Å². The van der Waals surface area contributed by atoms with Crippen molar-refractivity contribution in [3.63, 3.8) is 0 Å². The maximum absolute atomic E-state index is 6.36. The Labute approximate surface area is 42.3 Å². The van der Waals surface area contributed by atoms with Gasteiger partial charge in [-0.05, 0) is 6.92 Å². The number of nitrogens with one attached hydrogen (secondary N) is 1. The number of azo groups is 1. The van der Waals surface area contributed by atoms with Crippen molar-refractivity contribution in [1.29, 1.82) is 5.41 Å². The fraction of sp³-hybridized carbons (Fsp3) is 0.250. The lowest BCUT2D eigenvalue weighted by molar-refractivity contribution is 1.27. The fourth-order valence-corrected chi connectivity index (χ4v) is 0.138. The summed E-state index contributed by atoms with van der Waals surface area (Å²) < 4.78 is 0. The molecule has 0 saturated carbocycles. The molecule has 0 radical (unpaired) electrons. The average molecular weight is 97.1 g/mol. The standard InChI is InChI=1S/C4H7N3/c1-2-3-6-7-4-5/h2-5H,1H3/b3-2-,5-4?,7-6?. The molecule has 0 amide bonds. The summed E-state index contributed by atoms with van der Waals surface area (Å²) in [6.45, 7) is 1.84. The van der Waals surface area contributed by atoms with E-state index in [1.54, 1.807) is 6.08 Å². The molecule has 0 saturated heterocycles. The topological polar surface area (TPSA) is 48.6 Å². The lowest BCUT2D eigenvalue weighted by atomic mass is 10.7. The highest BCUT2D eigenvalue weighted by atomic mass is 15.1. The summed E-state index contributed by atoms with van der Waals surface area (Å²) in [4.78, 5) is 0. The first-order valence-electron chi connectivity index (χ1n) is 1.92. The summed E-state index contributed by atoms with van der Waals surface area (Å²) >= 11 is 0. The third-order valence-corrected chi connectivity index (χ3v) is 0.340. The SMILES string of the molecule is C/C=C\N=NC=N. The highest BCUT2D eigenvalue weighted by Gasteiger charge is 1.53. The first-order valence-corrected chi connectivity index (χ1v) is 1.92. The Bertz CT molecular complexity index is 93.1. The molecule has 0 spiro atoms. The largest absolute Gasteiger partial charge is 0.288 e. The van der Waals surface area contributed by atoms with Crippen LogP contribution in [0.2, 0.25) is 0 Å². The first-order chi connectivity index (χ1) is 3.41.